The third-order valence-corrected chi connectivity index (χ3v) is 5.30. The molecule has 0 aliphatic rings. The van der Waals surface area contributed by atoms with E-state index < -0.39 is 9.84 Å². The van der Waals surface area contributed by atoms with Crippen LogP contribution in [0.3, 0.4) is 0 Å². The SMILES string of the molecule is CCCN(CCC)C(=O)CN(C)C(C)c1ccc(S(C)(=O)=O)cc1. The molecule has 1 amide bonds. The Morgan fingerprint density at radius 3 is 2.00 bits per heavy atom. The van der Waals surface area contributed by atoms with E-state index in [4.69, 9.17) is 0 Å². The van der Waals surface area contributed by atoms with Crippen LogP contribution in [0.15, 0.2) is 29.2 Å². The minimum absolute atomic E-state index is 0.0349. The molecule has 0 saturated carbocycles. The molecule has 0 heterocycles. The number of carbonyl (C=O) groups excluding carboxylic acids is 1. The summed E-state index contributed by atoms with van der Waals surface area (Å²) in [5.74, 6) is 0.140. The van der Waals surface area contributed by atoms with E-state index in [-0.39, 0.29) is 11.9 Å². The molecular weight excluding hydrogens is 324 g/mol. The highest BCUT2D eigenvalue weighted by Gasteiger charge is 2.19. The van der Waals surface area contributed by atoms with Crippen molar-refractivity contribution in [3.05, 3.63) is 29.8 Å². The molecule has 24 heavy (non-hydrogen) atoms. The third-order valence-electron chi connectivity index (χ3n) is 4.18. The van der Waals surface area contributed by atoms with E-state index in [1.165, 1.54) is 6.26 Å². The van der Waals surface area contributed by atoms with Crippen LogP contribution < -0.4 is 0 Å². The average molecular weight is 355 g/mol. The molecule has 0 aromatic heterocycles. The molecule has 1 aromatic rings. The van der Waals surface area contributed by atoms with Crippen molar-refractivity contribution in [2.24, 2.45) is 0 Å². The van der Waals surface area contributed by atoms with Gasteiger partial charge in [0.1, 0.15) is 0 Å². The van der Waals surface area contributed by atoms with E-state index in [0.29, 0.717) is 11.4 Å². The molecule has 0 fully saturated rings. The quantitative estimate of drug-likeness (QED) is 0.684. The maximum absolute atomic E-state index is 12.5. The molecule has 0 aliphatic heterocycles. The van der Waals surface area contributed by atoms with Crippen molar-refractivity contribution >= 4 is 15.7 Å². The Morgan fingerprint density at radius 2 is 1.58 bits per heavy atom. The van der Waals surface area contributed by atoms with Gasteiger partial charge in [-0.05, 0) is 44.5 Å². The van der Waals surface area contributed by atoms with Gasteiger partial charge in [-0.1, -0.05) is 26.0 Å². The van der Waals surface area contributed by atoms with Gasteiger partial charge in [0.25, 0.3) is 0 Å². The second-order valence-corrected chi connectivity index (χ2v) is 8.33. The number of amides is 1. The molecule has 1 atom stereocenters. The molecule has 0 bridgehead atoms. The van der Waals surface area contributed by atoms with Gasteiger partial charge in [-0.25, -0.2) is 8.42 Å². The molecule has 1 rings (SSSR count). The molecule has 0 aliphatic carbocycles. The minimum Gasteiger partial charge on any atom is -0.342 e. The summed E-state index contributed by atoms with van der Waals surface area (Å²) >= 11 is 0. The van der Waals surface area contributed by atoms with Crippen LogP contribution in [0.1, 0.15) is 45.2 Å². The highest BCUT2D eigenvalue weighted by atomic mass is 32.2. The molecule has 1 aromatic carbocycles. The first-order chi connectivity index (χ1) is 11.2. The van der Waals surface area contributed by atoms with Crippen molar-refractivity contribution in [2.45, 2.75) is 44.6 Å². The summed E-state index contributed by atoms with van der Waals surface area (Å²) in [6, 6.07) is 6.91. The lowest BCUT2D eigenvalue weighted by molar-refractivity contribution is -0.132. The Morgan fingerprint density at radius 1 is 1.08 bits per heavy atom. The van der Waals surface area contributed by atoms with Gasteiger partial charge in [-0.2, -0.15) is 0 Å². The number of carbonyl (C=O) groups is 1. The molecule has 5 nitrogen and oxygen atoms in total. The predicted molar refractivity (Wildman–Crippen MR) is 97.8 cm³/mol. The van der Waals surface area contributed by atoms with Gasteiger partial charge < -0.3 is 4.90 Å². The lowest BCUT2D eigenvalue weighted by Gasteiger charge is -2.28. The van der Waals surface area contributed by atoms with Crippen LogP contribution in [0, 0.1) is 0 Å². The Hall–Kier alpha value is -1.40. The van der Waals surface area contributed by atoms with Gasteiger partial charge in [-0.15, -0.1) is 0 Å². The Kier molecular flexibility index (Phi) is 7.90. The summed E-state index contributed by atoms with van der Waals surface area (Å²) in [6.45, 7) is 8.11. The van der Waals surface area contributed by atoms with E-state index in [1.807, 2.05) is 35.9 Å². The summed E-state index contributed by atoms with van der Waals surface area (Å²) < 4.78 is 23.1. The van der Waals surface area contributed by atoms with Crippen molar-refractivity contribution < 1.29 is 13.2 Å². The fourth-order valence-corrected chi connectivity index (χ4v) is 3.23. The van der Waals surface area contributed by atoms with Gasteiger partial charge in [-0.3, -0.25) is 9.69 Å². The summed E-state index contributed by atoms with van der Waals surface area (Å²) in [5, 5.41) is 0. The zero-order chi connectivity index (χ0) is 18.3. The number of benzene rings is 1. The van der Waals surface area contributed by atoms with E-state index in [1.54, 1.807) is 12.1 Å². The maximum atomic E-state index is 12.5. The maximum Gasteiger partial charge on any atom is 0.236 e. The number of hydrogen-bond donors (Lipinski definition) is 0. The topological polar surface area (TPSA) is 57.7 Å². The fourth-order valence-electron chi connectivity index (χ4n) is 2.60. The standard InChI is InChI=1S/C18H30N2O3S/c1-6-12-20(13-7-2)18(21)14-19(4)15(3)16-8-10-17(11-9-16)24(5,22)23/h8-11,15H,6-7,12-14H2,1-5H3. The second-order valence-electron chi connectivity index (χ2n) is 6.31. The van der Waals surface area contributed by atoms with Crippen molar-refractivity contribution in [2.75, 3.05) is 32.9 Å². The minimum atomic E-state index is -3.18. The van der Waals surface area contributed by atoms with Crippen LogP contribution in [-0.2, 0) is 14.6 Å². The zero-order valence-corrected chi connectivity index (χ0v) is 16.3. The predicted octanol–water partition coefficient (Wildman–Crippen LogP) is 2.73. The first-order valence-corrected chi connectivity index (χ1v) is 10.4. The van der Waals surface area contributed by atoms with Crippen molar-refractivity contribution in [3.63, 3.8) is 0 Å². The number of nitrogens with zero attached hydrogens (tertiary/aromatic N) is 2. The van der Waals surface area contributed by atoms with Crippen LogP contribution in [0.4, 0.5) is 0 Å². The smallest absolute Gasteiger partial charge is 0.236 e. The Labute approximate surface area is 146 Å². The van der Waals surface area contributed by atoms with E-state index in [2.05, 4.69) is 13.8 Å². The van der Waals surface area contributed by atoms with Crippen LogP contribution in [0.25, 0.3) is 0 Å². The number of hydrogen-bond acceptors (Lipinski definition) is 4. The number of rotatable bonds is 9. The monoisotopic (exact) mass is 354 g/mol. The lowest BCUT2D eigenvalue weighted by Crippen LogP contribution is -2.40. The van der Waals surface area contributed by atoms with Crippen LogP contribution in [0.2, 0.25) is 0 Å². The molecule has 0 N–H and O–H groups in total. The lowest BCUT2D eigenvalue weighted by atomic mass is 10.1. The number of likely N-dealkylation sites (N-methyl/N-ethyl adjacent to an activating group) is 1. The fraction of sp³-hybridized carbons (Fsp3) is 0.611. The molecule has 1 unspecified atom stereocenters. The largest absolute Gasteiger partial charge is 0.342 e. The third kappa shape index (κ3) is 5.91. The van der Waals surface area contributed by atoms with E-state index >= 15 is 0 Å². The van der Waals surface area contributed by atoms with Crippen LogP contribution >= 0.6 is 0 Å². The van der Waals surface area contributed by atoms with E-state index in [0.717, 1.165) is 31.5 Å². The van der Waals surface area contributed by atoms with Gasteiger partial charge >= 0.3 is 0 Å². The Balaban J connectivity index is 2.76. The van der Waals surface area contributed by atoms with Crippen molar-refractivity contribution in [3.8, 4) is 0 Å². The molecule has 0 radical (unpaired) electrons. The normalized spacial score (nSPS) is 13.1. The summed E-state index contributed by atoms with van der Waals surface area (Å²) in [4.78, 5) is 16.7. The Bertz CT molecular complexity index is 620. The first kappa shape index (κ1) is 20.6. The van der Waals surface area contributed by atoms with E-state index in [9.17, 15) is 13.2 Å². The molecule has 6 heteroatoms. The summed E-state index contributed by atoms with van der Waals surface area (Å²) in [6.07, 6.45) is 3.11. The first-order valence-electron chi connectivity index (χ1n) is 8.48. The van der Waals surface area contributed by atoms with Gasteiger partial charge in [0.05, 0.1) is 11.4 Å². The highest BCUT2D eigenvalue weighted by Crippen LogP contribution is 2.20. The van der Waals surface area contributed by atoms with Gasteiger partial charge in [0.15, 0.2) is 9.84 Å². The second kappa shape index (κ2) is 9.18. The number of sulfone groups is 1. The molecule has 136 valence electrons. The molecule has 0 saturated heterocycles. The van der Waals surface area contributed by atoms with Gasteiger partial charge in [0, 0.05) is 25.4 Å². The van der Waals surface area contributed by atoms with Gasteiger partial charge in [0.2, 0.25) is 5.91 Å². The molecule has 0 spiro atoms. The van der Waals surface area contributed by atoms with Crippen LogP contribution in [0.5, 0.6) is 0 Å². The van der Waals surface area contributed by atoms with Crippen molar-refractivity contribution in [1.82, 2.24) is 9.80 Å². The van der Waals surface area contributed by atoms with Crippen molar-refractivity contribution in [1.29, 1.82) is 0 Å². The molecular formula is C18H30N2O3S. The van der Waals surface area contributed by atoms with Crippen LogP contribution in [-0.4, -0.2) is 57.1 Å². The summed E-state index contributed by atoms with van der Waals surface area (Å²) in [5.41, 5.74) is 0.996. The zero-order valence-electron chi connectivity index (χ0n) is 15.4. The average Bonchev–Trinajstić information content (AvgIpc) is 2.53. The summed E-state index contributed by atoms with van der Waals surface area (Å²) in [7, 11) is -1.26. The highest BCUT2D eigenvalue weighted by molar-refractivity contribution is 7.90.